The van der Waals surface area contributed by atoms with E-state index in [0.717, 1.165) is 28.6 Å². The molecule has 0 atom stereocenters. The average molecular weight is 290 g/mol. The molecule has 0 amide bonds. The van der Waals surface area contributed by atoms with Crippen LogP contribution in [0.4, 0.5) is 0 Å². The molecule has 5 nitrogen and oxygen atoms in total. The molecule has 0 saturated carbocycles. The molecule has 0 bridgehead atoms. The number of hydrogen-bond acceptors (Lipinski definition) is 4. The maximum absolute atomic E-state index is 11.4. The minimum Gasteiger partial charge on any atom is -0.481 e. The van der Waals surface area contributed by atoms with Gasteiger partial charge in [0.1, 0.15) is 0 Å². The lowest BCUT2D eigenvalue weighted by Gasteiger charge is -2.14. The maximum Gasteiger partial charge on any atom is 0.313 e. The predicted molar refractivity (Wildman–Crippen MR) is 77.7 cm³/mol. The van der Waals surface area contributed by atoms with Crippen molar-refractivity contribution in [3.05, 3.63) is 51.9 Å². The summed E-state index contributed by atoms with van der Waals surface area (Å²) < 4.78 is 1.75. The van der Waals surface area contributed by atoms with Gasteiger partial charge in [0, 0.05) is 12.3 Å². The van der Waals surface area contributed by atoms with Gasteiger partial charge in [0.05, 0.1) is 11.4 Å². The van der Waals surface area contributed by atoms with Gasteiger partial charge in [-0.05, 0) is 31.0 Å². The van der Waals surface area contributed by atoms with E-state index in [2.05, 4.69) is 4.98 Å². The zero-order chi connectivity index (χ0) is 14.7. The number of thioether (sulfide) groups is 1. The highest BCUT2D eigenvalue weighted by atomic mass is 32.2. The van der Waals surface area contributed by atoms with Crippen LogP contribution in [-0.2, 0) is 4.79 Å². The number of aromatic nitrogens is 2. The summed E-state index contributed by atoms with van der Waals surface area (Å²) in [5, 5.41) is 9.15. The lowest BCUT2D eigenvalue weighted by Crippen LogP contribution is -2.14. The van der Waals surface area contributed by atoms with Crippen LogP contribution in [0.25, 0.3) is 5.69 Å². The Bertz CT molecular complexity index is 710. The molecule has 104 valence electrons. The SMILES string of the molecule is Cc1ccc(C)c(-n2ccc(=O)nc2SCC(=O)O)c1. The molecule has 20 heavy (non-hydrogen) atoms. The maximum atomic E-state index is 11.4. The van der Waals surface area contributed by atoms with Crippen LogP contribution >= 0.6 is 11.8 Å². The Morgan fingerprint density at radius 1 is 1.35 bits per heavy atom. The van der Waals surface area contributed by atoms with E-state index in [0.29, 0.717) is 5.16 Å². The van der Waals surface area contributed by atoms with Gasteiger partial charge in [0.2, 0.25) is 0 Å². The third-order valence-electron chi connectivity index (χ3n) is 2.73. The Hall–Kier alpha value is -2.08. The molecule has 0 radical (unpaired) electrons. The van der Waals surface area contributed by atoms with E-state index in [-0.39, 0.29) is 11.3 Å². The number of hydrogen-bond donors (Lipinski definition) is 1. The molecule has 1 heterocycles. The average Bonchev–Trinajstić information content (AvgIpc) is 2.39. The van der Waals surface area contributed by atoms with Gasteiger partial charge in [-0.1, -0.05) is 23.9 Å². The largest absolute Gasteiger partial charge is 0.481 e. The van der Waals surface area contributed by atoms with Gasteiger partial charge in [-0.2, -0.15) is 4.98 Å². The fraction of sp³-hybridized carbons (Fsp3) is 0.214. The lowest BCUT2D eigenvalue weighted by atomic mass is 10.1. The second-order valence-corrected chi connectivity index (χ2v) is 5.33. The van der Waals surface area contributed by atoms with Gasteiger partial charge in [-0.15, -0.1) is 0 Å². The Balaban J connectivity index is 2.52. The third-order valence-corrected chi connectivity index (χ3v) is 3.66. The molecule has 0 saturated heterocycles. The number of aliphatic carboxylic acids is 1. The van der Waals surface area contributed by atoms with Crippen molar-refractivity contribution < 1.29 is 9.90 Å². The topological polar surface area (TPSA) is 72.2 Å². The van der Waals surface area contributed by atoms with E-state index in [4.69, 9.17) is 5.11 Å². The van der Waals surface area contributed by atoms with Crippen molar-refractivity contribution in [2.24, 2.45) is 0 Å². The summed E-state index contributed by atoms with van der Waals surface area (Å²) in [7, 11) is 0. The first-order valence-electron chi connectivity index (χ1n) is 5.99. The van der Waals surface area contributed by atoms with E-state index in [1.54, 1.807) is 10.8 Å². The van der Waals surface area contributed by atoms with E-state index in [1.807, 2.05) is 32.0 Å². The minimum absolute atomic E-state index is 0.138. The molecule has 0 aliphatic rings. The van der Waals surface area contributed by atoms with Crippen LogP contribution in [0.5, 0.6) is 0 Å². The Morgan fingerprint density at radius 2 is 2.10 bits per heavy atom. The number of rotatable bonds is 4. The summed E-state index contributed by atoms with van der Waals surface area (Å²) in [4.78, 5) is 26.0. The van der Waals surface area contributed by atoms with Crippen molar-refractivity contribution in [2.45, 2.75) is 19.0 Å². The number of carboxylic acids is 1. The van der Waals surface area contributed by atoms with Crippen molar-refractivity contribution in [3.63, 3.8) is 0 Å². The van der Waals surface area contributed by atoms with Gasteiger partial charge >= 0.3 is 5.97 Å². The first kappa shape index (κ1) is 14.3. The molecule has 0 spiro atoms. The van der Waals surface area contributed by atoms with Crippen LogP contribution in [0, 0.1) is 13.8 Å². The highest BCUT2D eigenvalue weighted by Gasteiger charge is 2.10. The molecule has 6 heteroatoms. The summed E-state index contributed by atoms with van der Waals surface area (Å²) in [6, 6.07) is 7.33. The molecule has 2 rings (SSSR count). The second-order valence-electron chi connectivity index (χ2n) is 4.39. The van der Waals surface area contributed by atoms with Crippen molar-refractivity contribution in [1.82, 2.24) is 9.55 Å². The summed E-state index contributed by atoms with van der Waals surface area (Å²) >= 11 is 1.03. The van der Waals surface area contributed by atoms with Crippen LogP contribution in [0.3, 0.4) is 0 Å². The van der Waals surface area contributed by atoms with Crippen molar-refractivity contribution in [1.29, 1.82) is 0 Å². The molecular weight excluding hydrogens is 276 g/mol. The van der Waals surface area contributed by atoms with Gasteiger partial charge in [0.25, 0.3) is 5.56 Å². The monoisotopic (exact) mass is 290 g/mol. The first-order valence-corrected chi connectivity index (χ1v) is 6.98. The highest BCUT2D eigenvalue weighted by Crippen LogP contribution is 2.22. The smallest absolute Gasteiger partial charge is 0.313 e. The van der Waals surface area contributed by atoms with Crippen molar-refractivity contribution in [2.75, 3.05) is 5.75 Å². The van der Waals surface area contributed by atoms with Crippen LogP contribution in [0.15, 0.2) is 40.4 Å². The van der Waals surface area contributed by atoms with Gasteiger partial charge in [-0.3, -0.25) is 14.2 Å². The summed E-state index contributed by atoms with van der Waals surface area (Å²) in [5.41, 5.74) is 2.63. The van der Waals surface area contributed by atoms with E-state index in [9.17, 15) is 9.59 Å². The van der Waals surface area contributed by atoms with Crippen LogP contribution in [0.2, 0.25) is 0 Å². The van der Waals surface area contributed by atoms with E-state index < -0.39 is 5.97 Å². The standard InChI is InChI=1S/C14H14N2O3S/c1-9-3-4-10(2)11(7-9)16-6-5-12(17)15-14(16)20-8-13(18)19/h3-7H,8H2,1-2H3,(H,18,19). The van der Waals surface area contributed by atoms with Crippen LogP contribution < -0.4 is 5.56 Å². The summed E-state index contributed by atoms with van der Waals surface area (Å²) in [6.07, 6.45) is 1.63. The molecule has 0 aliphatic heterocycles. The lowest BCUT2D eigenvalue weighted by molar-refractivity contribution is -0.133. The molecule has 2 aromatic rings. The molecule has 1 aromatic carbocycles. The Labute approximate surface area is 120 Å². The van der Waals surface area contributed by atoms with E-state index >= 15 is 0 Å². The predicted octanol–water partition coefficient (Wildman–Crippen LogP) is 2.03. The number of nitrogens with zero attached hydrogens (tertiary/aromatic N) is 2. The van der Waals surface area contributed by atoms with Crippen LogP contribution in [0.1, 0.15) is 11.1 Å². The minimum atomic E-state index is -0.944. The third kappa shape index (κ3) is 3.27. The molecule has 1 N–H and O–H groups in total. The van der Waals surface area contributed by atoms with Gasteiger partial charge < -0.3 is 5.11 Å². The first-order chi connectivity index (χ1) is 9.47. The van der Waals surface area contributed by atoms with Crippen molar-refractivity contribution >= 4 is 17.7 Å². The molecule has 0 fully saturated rings. The highest BCUT2D eigenvalue weighted by molar-refractivity contribution is 7.99. The zero-order valence-corrected chi connectivity index (χ0v) is 12.0. The fourth-order valence-corrected chi connectivity index (χ4v) is 2.48. The van der Waals surface area contributed by atoms with E-state index in [1.165, 1.54) is 6.07 Å². The van der Waals surface area contributed by atoms with Crippen molar-refractivity contribution in [3.8, 4) is 5.69 Å². The quantitative estimate of drug-likeness (QED) is 0.689. The number of carboxylic acid groups (broad SMARTS) is 1. The molecular formula is C14H14N2O3S. The van der Waals surface area contributed by atoms with Gasteiger partial charge in [0.15, 0.2) is 5.16 Å². The molecule has 0 aliphatic carbocycles. The normalized spacial score (nSPS) is 10.5. The zero-order valence-electron chi connectivity index (χ0n) is 11.2. The summed E-state index contributed by atoms with van der Waals surface area (Å²) in [5.74, 6) is -1.08. The number of aryl methyl sites for hydroxylation is 2. The summed E-state index contributed by atoms with van der Waals surface area (Å²) in [6.45, 7) is 3.93. The Kier molecular flexibility index (Phi) is 4.24. The Morgan fingerprint density at radius 3 is 2.80 bits per heavy atom. The number of benzene rings is 1. The van der Waals surface area contributed by atoms with Crippen LogP contribution in [-0.4, -0.2) is 26.4 Å². The number of carbonyl (C=O) groups is 1. The molecule has 1 aromatic heterocycles. The molecule has 0 unspecified atom stereocenters. The fourth-order valence-electron chi connectivity index (χ4n) is 1.78. The van der Waals surface area contributed by atoms with Gasteiger partial charge in [-0.25, -0.2) is 0 Å². The second kappa shape index (κ2) is 5.92.